The number of aromatic nitrogens is 2. The SMILES string of the molecule is Clc1cncnc1NCC(Cl)C1CC1. The van der Waals surface area contributed by atoms with E-state index in [0.29, 0.717) is 23.3 Å². The Morgan fingerprint density at radius 2 is 2.36 bits per heavy atom. The van der Waals surface area contributed by atoms with Crippen molar-refractivity contribution in [1.29, 1.82) is 0 Å². The number of rotatable bonds is 4. The van der Waals surface area contributed by atoms with Crippen molar-refractivity contribution in [3.05, 3.63) is 17.5 Å². The molecule has 0 radical (unpaired) electrons. The van der Waals surface area contributed by atoms with E-state index in [1.54, 1.807) is 6.20 Å². The van der Waals surface area contributed by atoms with Crippen LogP contribution >= 0.6 is 23.2 Å². The zero-order chi connectivity index (χ0) is 9.97. The Balaban J connectivity index is 1.87. The highest BCUT2D eigenvalue weighted by Gasteiger charge is 2.29. The first-order valence-electron chi connectivity index (χ1n) is 4.61. The number of hydrogen-bond acceptors (Lipinski definition) is 3. The smallest absolute Gasteiger partial charge is 0.148 e. The van der Waals surface area contributed by atoms with Crippen LogP contribution in [0.15, 0.2) is 12.5 Å². The van der Waals surface area contributed by atoms with Crippen LogP contribution in [-0.4, -0.2) is 21.9 Å². The van der Waals surface area contributed by atoms with Crippen molar-refractivity contribution >= 4 is 29.0 Å². The summed E-state index contributed by atoms with van der Waals surface area (Å²) in [5.74, 6) is 1.33. The molecule has 0 saturated heterocycles. The summed E-state index contributed by atoms with van der Waals surface area (Å²) in [6.45, 7) is 0.711. The quantitative estimate of drug-likeness (QED) is 0.810. The van der Waals surface area contributed by atoms with Gasteiger partial charge in [0.2, 0.25) is 0 Å². The van der Waals surface area contributed by atoms with Gasteiger partial charge in [-0.2, -0.15) is 0 Å². The minimum atomic E-state index is 0.182. The van der Waals surface area contributed by atoms with Gasteiger partial charge in [-0.3, -0.25) is 0 Å². The lowest BCUT2D eigenvalue weighted by Gasteiger charge is -2.10. The van der Waals surface area contributed by atoms with Gasteiger partial charge in [-0.15, -0.1) is 11.6 Å². The van der Waals surface area contributed by atoms with E-state index in [-0.39, 0.29) is 5.38 Å². The van der Waals surface area contributed by atoms with E-state index < -0.39 is 0 Å². The number of nitrogens with one attached hydrogen (secondary N) is 1. The second-order valence-electron chi connectivity index (χ2n) is 3.45. The highest BCUT2D eigenvalue weighted by atomic mass is 35.5. The standard InChI is InChI=1S/C9H11Cl2N3/c10-7(6-1-2-6)4-13-9-8(11)3-12-5-14-9/h3,5-7H,1-2,4H2,(H,12,13,14). The molecular formula is C9H11Cl2N3. The Labute approximate surface area is 92.8 Å². The molecule has 1 aromatic rings. The Bertz CT molecular complexity index is 315. The fraction of sp³-hybridized carbons (Fsp3) is 0.556. The molecule has 1 N–H and O–H groups in total. The molecule has 1 aromatic heterocycles. The van der Waals surface area contributed by atoms with Crippen molar-refractivity contribution < 1.29 is 0 Å². The molecule has 76 valence electrons. The fourth-order valence-corrected chi connectivity index (χ4v) is 1.76. The van der Waals surface area contributed by atoms with Crippen LogP contribution in [0.2, 0.25) is 5.02 Å². The van der Waals surface area contributed by atoms with Crippen LogP contribution in [0.3, 0.4) is 0 Å². The summed E-state index contributed by atoms with van der Waals surface area (Å²) in [7, 11) is 0. The van der Waals surface area contributed by atoms with Crippen LogP contribution in [0.25, 0.3) is 0 Å². The van der Waals surface area contributed by atoms with Crippen molar-refractivity contribution in [2.45, 2.75) is 18.2 Å². The summed E-state index contributed by atoms with van der Waals surface area (Å²) in [6.07, 6.45) is 5.52. The maximum Gasteiger partial charge on any atom is 0.148 e. The van der Waals surface area contributed by atoms with Gasteiger partial charge in [-0.1, -0.05) is 11.6 Å². The van der Waals surface area contributed by atoms with Gasteiger partial charge in [-0.05, 0) is 18.8 Å². The fourth-order valence-electron chi connectivity index (χ4n) is 1.26. The van der Waals surface area contributed by atoms with Gasteiger partial charge >= 0.3 is 0 Å². The van der Waals surface area contributed by atoms with Crippen LogP contribution in [-0.2, 0) is 0 Å². The third kappa shape index (κ3) is 2.49. The maximum atomic E-state index is 6.13. The van der Waals surface area contributed by atoms with Gasteiger partial charge in [0.1, 0.15) is 17.2 Å². The van der Waals surface area contributed by atoms with Gasteiger partial charge in [0, 0.05) is 6.54 Å². The first-order valence-corrected chi connectivity index (χ1v) is 5.42. The molecule has 3 nitrogen and oxygen atoms in total. The predicted octanol–water partition coefficient (Wildman–Crippen LogP) is 2.56. The van der Waals surface area contributed by atoms with Crippen LogP contribution in [0.4, 0.5) is 5.82 Å². The molecule has 1 heterocycles. The molecule has 0 aromatic carbocycles. The summed E-state index contributed by atoms with van der Waals surface area (Å²) in [5, 5.41) is 3.83. The van der Waals surface area contributed by atoms with Crippen LogP contribution in [0, 0.1) is 5.92 Å². The summed E-state index contributed by atoms with van der Waals surface area (Å²) < 4.78 is 0. The Kier molecular flexibility index (Phi) is 3.08. The molecule has 1 aliphatic carbocycles. The zero-order valence-corrected chi connectivity index (χ0v) is 9.09. The molecule has 1 aliphatic rings. The molecule has 0 aliphatic heterocycles. The molecule has 0 amide bonds. The lowest BCUT2D eigenvalue weighted by Crippen LogP contribution is -2.16. The van der Waals surface area contributed by atoms with Gasteiger partial charge < -0.3 is 5.32 Å². The lowest BCUT2D eigenvalue weighted by atomic mass is 10.3. The zero-order valence-electron chi connectivity index (χ0n) is 7.58. The largest absolute Gasteiger partial charge is 0.367 e. The highest BCUT2D eigenvalue weighted by molar-refractivity contribution is 6.32. The maximum absolute atomic E-state index is 6.13. The summed E-state index contributed by atoms with van der Waals surface area (Å²) in [4.78, 5) is 7.82. The Morgan fingerprint density at radius 3 is 3.00 bits per heavy atom. The van der Waals surface area contributed by atoms with Crippen molar-refractivity contribution in [1.82, 2.24) is 9.97 Å². The van der Waals surface area contributed by atoms with Crippen molar-refractivity contribution in [2.24, 2.45) is 5.92 Å². The average Bonchev–Trinajstić information content (AvgIpc) is 2.99. The van der Waals surface area contributed by atoms with Gasteiger partial charge in [0.15, 0.2) is 0 Å². The number of nitrogens with zero attached hydrogens (tertiary/aromatic N) is 2. The third-order valence-corrected chi connectivity index (χ3v) is 3.05. The van der Waals surface area contributed by atoms with E-state index in [9.17, 15) is 0 Å². The molecule has 14 heavy (non-hydrogen) atoms. The average molecular weight is 232 g/mol. The Hall–Kier alpha value is -0.540. The molecule has 1 saturated carbocycles. The van der Waals surface area contributed by atoms with E-state index in [4.69, 9.17) is 23.2 Å². The first kappa shape index (κ1) is 9.99. The van der Waals surface area contributed by atoms with Gasteiger partial charge in [0.25, 0.3) is 0 Å². The van der Waals surface area contributed by atoms with Crippen molar-refractivity contribution in [3.8, 4) is 0 Å². The Morgan fingerprint density at radius 1 is 1.57 bits per heavy atom. The molecular weight excluding hydrogens is 221 g/mol. The summed E-state index contributed by atoms with van der Waals surface area (Å²) in [5.41, 5.74) is 0. The van der Waals surface area contributed by atoms with Crippen molar-refractivity contribution in [2.75, 3.05) is 11.9 Å². The molecule has 5 heteroatoms. The highest BCUT2D eigenvalue weighted by Crippen LogP contribution is 2.35. The lowest BCUT2D eigenvalue weighted by molar-refractivity contribution is 0.768. The van der Waals surface area contributed by atoms with Crippen LogP contribution in [0.5, 0.6) is 0 Å². The van der Waals surface area contributed by atoms with E-state index >= 15 is 0 Å². The van der Waals surface area contributed by atoms with Crippen LogP contribution in [0.1, 0.15) is 12.8 Å². The third-order valence-electron chi connectivity index (χ3n) is 2.27. The molecule has 1 fully saturated rings. The second-order valence-corrected chi connectivity index (χ2v) is 4.42. The number of halogens is 2. The van der Waals surface area contributed by atoms with E-state index in [1.807, 2.05) is 0 Å². The summed E-state index contributed by atoms with van der Waals surface area (Å²) >= 11 is 12.0. The molecule has 0 spiro atoms. The molecule has 1 atom stereocenters. The number of hydrogen-bond donors (Lipinski definition) is 1. The van der Waals surface area contributed by atoms with Gasteiger partial charge in [0.05, 0.1) is 11.6 Å². The van der Waals surface area contributed by atoms with E-state index in [1.165, 1.54) is 19.2 Å². The van der Waals surface area contributed by atoms with Crippen molar-refractivity contribution in [3.63, 3.8) is 0 Å². The molecule has 1 unspecified atom stereocenters. The van der Waals surface area contributed by atoms with Gasteiger partial charge in [-0.25, -0.2) is 9.97 Å². The summed E-state index contributed by atoms with van der Waals surface area (Å²) in [6, 6.07) is 0. The second kappa shape index (κ2) is 4.32. The molecule has 2 rings (SSSR count). The minimum absolute atomic E-state index is 0.182. The predicted molar refractivity (Wildman–Crippen MR) is 57.9 cm³/mol. The minimum Gasteiger partial charge on any atom is -0.367 e. The number of alkyl halides is 1. The van der Waals surface area contributed by atoms with Crippen LogP contribution < -0.4 is 5.32 Å². The monoisotopic (exact) mass is 231 g/mol. The van der Waals surface area contributed by atoms with E-state index in [0.717, 1.165) is 0 Å². The normalized spacial score (nSPS) is 17.9. The number of anilines is 1. The molecule has 0 bridgehead atoms. The topological polar surface area (TPSA) is 37.8 Å². The first-order chi connectivity index (χ1) is 6.77. The van der Waals surface area contributed by atoms with E-state index in [2.05, 4.69) is 15.3 Å².